The summed E-state index contributed by atoms with van der Waals surface area (Å²) in [7, 11) is 0. The van der Waals surface area contributed by atoms with Gasteiger partial charge in [0.15, 0.2) is 0 Å². The van der Waals surface area contributed by atoms with Crippen molar-refractivity contribution in [3.8, 4) is 11.8 Å². The number of hydrogen-bond acceptors (Lipinski definition) is 1. The number of rotatable bonds is 3. The molecule has 0 spiro atoms. The molecule has 0 bridgehead atoms. The molecule has 21 heavy (non-hydrogen) atoms. The van der Waals surface area contributed by atoms with E-state index in [4.69, 9.17) is 23.2 Å². The van der Waals surface area contributed by atoms with Gasteiger partial charge in [-0.3, -0.25) is 4.79 Å². The Kier molecular flexibility index (Phi) is 5.63. The molecule has 0 saturated carbocycles. The maximum atomic E-state index is 11.0. The van der Waals surface area contributed by atoms with Crippen molar-refractivity contribution in [2.24, 2.45) is 0 Å². The largest absolute Gasteiger partial charge is 0.276 e. The summed E-state index contributed by atoms with van der Waals surface area (Å²) in [6, 6.07) is 15.0. The molecule has 0 atom stereocenters. The van der Waals surface area contributed by atoms with Crippen molar-refractivity contribution in [3.05, 3.63) is 70.8 Å². The maximum absolute atomic E-state index is 11.0. The number of carbonyl (C=O) groups is 1. The van der Waals surface area contributed by atoms with Crippen molar-refractivity contribution in [1.82, 2.24) is 0 Å². The Bertz CT molecular complexity index is 702. The van der Waals surface area contributed by atoms with Crippen LogP contribution < -0.4 is 0 Å². The van der Waals surface area contributed by atoms with Gasteiger partial charge >= 0.3 is 0 Å². The third-order valence-electron chi connectivity index (χ3n) is 2.82. The summed E-state index contributed by atoms with van der Waals surface area (Å²) >= 11 is 10.9. The molecule has 0 radical (unpaired) electrons. The molecule has 1 nitrogen and oxygen atoms in total. The SMILES string of the molecule is O=C(Cl)c1ccc(/C=C/c2ccc(C#CCCl)cc2)cc1. The van der Waals surface area contributed by atoms with Gasteiger partial charge in [-0.2, -0.15) is 0 Å². The van der Waals surface area contributed by atoms with E-state index in [0.29, 0.717) is 11.4 Å². The summed E-state index contributed by atoms with van der Waals surface area (Å²) in [5.41, 5.74) is 3.51. The Balaban J connectivity index is 2.08. The lowest BCUT2D eigenvalue weighted by Gasteiger charge is -1.97. The summed E-state index contributed by atoms with van der Waals surface area (Å²) in [5, 5.41) is -0.445. The normalized spacial score (nSPS) is 10.2. The summed E-state index contributed by atoms with van der Waals surface area (Å²) < 4.78 is 0. The van der Waals surface area contributed by atoms with E-state index < -0.39 is 5.24 Å². The zero-order valence-electron chi connectivity index (χ0n) is 11.1. The molecular weight excluding hydrogens is 303 g/mol. The van der Waals surface area contributed by atoms with E-state index in [-0.39, 0.29) is 0 Å². The Morgan fingerprint density at radius 2 is 1.48 bits per heavy atom. The molecule has 104 valence electrons. The number of carbonyl (C=O) groups excluding carboxylic acids is 1. The predicted octanol–water partition coefficient (Wildman–Crippen LogP) is 4.83. The van der Waals surface area contributed by atoms with Crippen LogP contribution in [0.1, 0.15) is 27.0 Å². The van der Waals surface area contributed by atoms with Crippen molar-refractivity contribution >= 4 is 40.6 Å². The molecule has 0 heterocycles. The Morgan fingerprint density at radius 3 is 1.95 bits per heavy atom. The second kappa shape index (κ2) is 7.69. The highest BCUT2D eigenvalue weighted by Gasteiger charge is 1.99. The lowest BCUT2D eigenvalue weighted by atomic mass is 10.1. The standard InChI is InChI=1S/C18H12Cl2O/c19-13-1-2-14-3-5-15(6-4-14)7-8-16-9-11-17(12-10-16)18(20)21/h3-12H,13H2/b8-7+. The zero-order chi connectivity index (χ0) is 15.1. The highest BCUT2D eigenvalue weighted by atomic mass is 35.5. The monoisotopic (exact) mass is 314 g/mol. The van der Waals surface area contributed by atoms with Crippen LogP contribution >= 0.6 is 23.2 Å². The summed E-state index contributed by atoms with van der Waals surface area (Å²) in [4.78, 5) is 11.0. The smallest absolute Gasteiger partial charge is 0.252 e. The minimum absolute atomic E-state index is 0.336. The van der Waals surface area contributed by atoms with Gasteiger partial charge in [-0.15, -0.1) is 11.6 Å². The van der Waals surface area contributed by atoms with Crippen molar-refractivity contribution in [2.45, 2.75) is 0 Å². The van der Waals surface area contributed by atoms with Crippen molar-refractivity contribution in [2.75, 3.05) is 5.88 Å². The van der Waals surface area contributed by atoms with E-state index in [1.807, 2.05) is 48.6 Å². The van der Waals surface area contributed by atoms with Crippen LogP contribution in [-0.4, -0.2) is 11.1 Å². The number of halogens is 2. The molecule has 0 amide bonds. The van der Waals surface area contributed by atoms with Crippen LogP contribution in [0.15, 0.2) is 48.5 Å². The van der Waals surface area contributed by atoms with Gasteiger partial charge in [0.1, 0.15) is 0 Å². The minimum atomic E-state index is -0.445. The first-order valence-electron chi connectivity index (χ1n) is 6.32. The van der Waals surface area contributed by atoms with Crippen LogP contribution in [-0.2, 0) is 0 Å². The van der Waals surface area contributed by atoms with Gasteiger partial charge in [0, 0.05) is 11.1 Å². The van der Waals surface area contributed by atoms with E-state index in [1.165, 1.54) is 0 Å². The average molecular weight is 315 g/mol. The first-order valence-corrected chi connectivity index (χ1v) is 7.23. The number of hydrogen-bond donors (Lipinski definition) is 0. The molecule has 0 fully saturated rings. The zero-order valence-corrected chi connectivity index (χ0v) is 12.7. The Morgan fingerprint density at radius 1 is 0.952 bits per heavy atom. The highest BCUT2D eigenvalue weighted by molar-refractivity contribution is 6.67. The second-order valence-electron chi connectivity index (χ2n) is 4.29. The number of benzene rings is 2. The Labute approximate surface area is 134 Å². The lowest BCUT2D eigenvalue weighted by Crippen LogP contribution is -1.87. The molecule has 2 aromatic rings. The topological polar surface area (TPSA) is 17.1 Å². The third-order valence-corrected chi connectivity index (χ3v) is 3.17. The third kappa shape index (κ3) is 4.79. The summed E-state index contributed by atoms with van der Waals surface area (Å²) in [6.07, 6.45) is 3.97. The van der Waals surface area contributed by atoms with Crippen LogP contribution in [0.5, 0.6) is 0 Å². The fourth-order valence-corrected chi connectivity index (χ4v) is 1.92. The maximum Gasteiger partial charge on any atom is 0.252 e. The molecule has 0 aliphatic carbocycles. The van der Waals surface area contributed by atoms with Crippen LogP contribution in [0.2, 0.25) is 0 Å². The van der Waals surface area contributed by atoms with Gasteiger partial charge in [-0.1, -0.05) is 48.3 Å². The minimum Gasteiger partial charge on any atom is -0.276 e. The first-order chi connectivity index (χ1) is 10.2. The second-order valence-corrected chi connectivity index (χ2v) is 4.90. The van der Waals surface area contributed by atoms with E-state index in [0.717, 1.165) is 16.7 Å². The van der Waals surface area contributed by atoms with Crippen LogP contribution in [0, 0.1) is 11.8 Å². The van der Waals surface area contributed by atoms with Crippen molar-refractivity contribution in [3.63, 3.8) is 0 Å². The molecule has 0 aromatic heterocycles. The molecule has 0 saturated heterocycles. The quantitative estimate of drug-likeness (QED) is 0.343. The van der Waals surface area contributed by atoms with Crippen molar-refractivity contribution < 1.29 is 4.79 Å². The number of alkyl halides is 1. The summed E-state index contributed by atoms with van der Waals surface area (Å²) in [6.45, 7) is 0. The van der Waals surface area contributed by atoms with Crippen LogP contribution in [0.25, 0.3) is 12.2 Å². The van der Waals surface area contributed by atoms with Gasteiger partial charge in [-0.25, -0.2) is 0 Å². The lowest BCUT2D eigenvalue weighted by molar-refractivity contribution is 0.108. The fourth-order valence-electron chi connectivity index (χ4n) is 1.73. The molecule has 2 aromatic carbocycles. The van der Waals surface area contributed by atoms with Gasteiger partial charge in [-0.05, 0) is 47.0 Å². The Hall–Kier alpha value is -2.01. The first kappa shape index (κ1) is 15.4. The van der Waals surface area contributed by atoms with Gasteiger partial charge in [0.05, 0.1) is 5.88 Å². The van der Waals surface area contributed by atoms with E-state index >= 15 is 0 Å². The van der Waals surface area contributed by atoms with Gasteiger partial charge in [0.2, 0.25) is 0 Å². The van der Waals surface area contributed by atoms with Gasteiger partial charge < -0.3 is 0 Å². The van der Waals surface area contributed by atoms with Crippen molar-refractivity contribution in [1.29, 1.82) is 0 Å². The van der Waals surface area contributed by atoms with E-state index in [9.17, 15) is 4.79 Å². The van der Waals surface area contributed by atoms with Crippen LogP contribution in [0.3, 0.4) is 0 Å². The fraction of sp³-hybridized carbons (Fsp3) is 0.0556. The average Bonchev–Trinajstić information content (AvgIpc) is 2.52. The van der Waals surface area contributed by atoms with Gasteiger partial charge in [0.25, 0.3) is 5.24 Å². The molecule has 0 unspecified atom stereocenters. The molecule has 3 heteroatoms. The molecule has 2 rings (SSSR count). The molecule has 0 aliphatic rings. The predicted molar refractivity (Wildman–Crippen MR) is 89.6 cm³/mol. The summed E-state index contributed by atoms with van der Waals surface area (Å²) in [5.74, 6) is 6.11. The molecular formula is C18H12Cl2O. The van der Waals surface area contributed by atoms with E-state index in [1.54, 1.807) is 12.1 Å². The van der Waals surface area contributed by atoms with Crippen LogP contribution in [0.4, 0.5) is 0 Å². The highest BCUT2D eigenvalue weighted by Crippen LogP contribution is 2.12. The molecule has 0 N–H and O–H groups in total. The molecule has 0 aliphatic heterocycles. The van der Waals surface area contributed by atoms with E-state index in [2.05, 4.69) is 11.8 Å².